The Morgan fingerprint density at radius 1 is 1.04 bits per heavy atom. The number of nitrogens with one attached hydrogen (secondary N) is 1. The van der Waals surface area contributed by atoms with Gasteiger partial charge in [0.05, 0.1) is 12.1 Å². The van der Waals surface area contributed by atoms with Crippen molar-refractivity contribution in [2.24, 2.45) is 0 Å². The highest BCUT2D eigenvalue weighted by atomic mass is 35.5. The number of fused-ring (bicyclic) bond motifs is 1. The maximum absolute atomic E-state index is 9.57. The van der Waals surface area contributed by atoms with Crippen molar-refractivity contribution in [2.75, 3.05) is 12.4 Å². The largest absolute Gasteiger partial charge is 0.508 e. The van der Waals surface area contributed by atoms with Crippen LogP contribution in [0.3, 0.4) is 0 Å². The molecule has 136 valence electrons. The number of hydrogen-bond donors (Lipinski definition) is 2. The van der Waals surface area contributed by atoms with Crippen LogP contribution in [0.4, 0.5) is 5.82 Å². The molecule has 6 heteroatoms. The summed E-state index contributed by atoms with van der Waals surface area (Å²) in [7, 11) is 1.65. The maximum Gasteiger partial charge on any atom is 0.139 e. The molecule has 2 N–H and O–H groups in total. The van der Waals surface area contributed by atoms with E-state index < -0.39 is 0 Å². The molecule has 2 aromatic heterocycles. The lowest BCUT2D eigenvalue weighted by Gasteiger charge is -2.10. The second-order valence-corrected chi connectivity index (χ2v) is 6.57. The summed E-state index contributed by atoms with van der Waals surface area (Å²) in [5.41, 5.74) is 3.61. The fraction of sp³-hybridized carbons (Fsp3) is 0.0952. The Labute approximate surface area is 161 Å². The third-order valence-corrected chi connectivity index (χ3v) is 4.57. The van der Waals surface area contributed by atoms with Crippen molar-refractivity contribution in [1.29, 1.82) is 0 Å². The number of halogens is 1. The smallest absolute Gasteiger partial charge is 0.139 e. The Balaban J connectivity index is 1.73. The molecule has 0 saturated carbocycles. The zero-order chi connectivity index (χ0) is 18.8. The number of anilines is 1. The van der Waals surface area contributed by atoms with Gasteiger partial charge in [-0.15, -0.1) is 0 Å². The van der Waals surface area contributed by atoms with Gasteiger partial charge in [0.15, 0.2) is 0 Å². The number of hydrogen-bond acceptors (Lipinski definition) is 4. The van der Waals surface area contributed by atoms with E-state index in [0.717, 1.165) is 34.0 Å². The topological polar surface area (TPSA) is 58.8 Å². The molecule has 4 rings (SSSR count). The zero-order valence-electron chi connectivity index (χ0n) is 14.7. The zero-order valence-corrected chi connectivity index (χ0v) is 15.4. The van der Waals surface area contributed by atoms with E-state index in [4.69, 9.17) is 21.3 Å². The van der Waals surface area contributed by atoms with Crippen molar-refractivity contribution in [3.8, 4) is 22.8 Å². The molecule has 0 aliphatic heterocycles. The van der Waals surface area contributed by atoms with Gasteiger partial charge >= 0.3 is 0 Å². The fourth-order valence-corrected chi connectivity index (χ4v) is 3.10. The number of aromatic hydroxyl groups is 1. The number of benzene rings is 2. The molecule has 2 aromatic carbocycles. The highest BCUT2D eigenvalue weighted by Crippen LogP contribution is 2.31. The standard InChI is InChI=1S/C21H18ClN3O2/c1-27-18-9-2-14(3-10-18)12-23-21-20(15-4-7-17(26)8-5-15)24-19-11-6-16(22)13-25(19)21/h2-11,13,23,26H,12H2,1H3. The summed E-state index contributed by atoms with van der Waals surface area (Å²) in [6.07, 6.45) is 1.84. The Bertz CT molecular complexity index is 1070. The second kappa shape index (κ2) is 7.21. The van der Waals surface area contributed by atoms with E-state index in [1.807, 2.05) is 59.1 Å². The highest BCUT2D eigenvalue weighted by molar-refractivity contribution is 6.30. The molecule has 4 aromatic rings. The van der Waals surface area contributed by atoms with Gasteiger partial charge < -0.3 is 15.2 Å². The quantitative estimate of drug-likeness (QED) is 0.513. The molecular weight excluding hydrogens is 362 g/mol. The molecule has 0 atom stereocenters. The molecule has 0 fully saturated rings. The summed E-state index contributed by atoms with van der Waals surface area (Å²) < 4.78 is 7.15. The SMILES string of the molecule is COc1ccc(CNc2c(-c3ccc(O)cc3)nc3ccc(Cl)cn23)cc1. The summed E-state index contributed by atoms with van der Waals surface area (Å²) in [4.78, 5) is 4.73. The van der Waals surface area contributed by atoms with Gasteiger partial charge in [-0.1, -0.05) is 23.7 Å². The Morgan fingerprint density at radius 3 is 2.48 bits per heavy atom. The molecule has 2 heterocycles. The molecule has 0 unspecified atom stereocenters. The minimum absolute atomic E-state index is 0.221. The minimum Gasteiger partial charge on any atom is -0.508 e. The van der Waals surface area contributed by atoms with Crippen LogP contribution in [0.2, 0.25) is 5.02 Å². The molecule has 0 aliphatic rings. The summed E-state index contributed by atoms with van der Waals surface area (Å²) >= 11 is 6.19. The van der Waals surface area contributed by atoms with Gasteiger partial charge in [0.1, 0.15) is 28.7 Å². The predicted octanol–water partition coefficient (Wildman–Crippen LogP) is 4.98. The molecule has 27 heavy (non-hydrogen) atoms. The normalized spacial score (nSPS) is 10.9. The third-order valence-electron chi connectivity index (χ3n) is 4.34. The molecule has 0 spiro atoms. The molecule has 0 aliphatic carbocycles. The third kappa shape index (κ3) is 3.55. The van der Waals surface area contributed by atoms with Crippen LogP contribution in [0, 0.1) is 0 Å². The van der Waals surface area contributed by atoms with Crippen LogP contribution >= 0.6 is 11.6 Å². The van der Waals surface area contributed by atoms with Crippen molar-refractivity contribution < 1.29 is 9.84 Å². The first kappa shape index (κ1) is 17.2. The van der Waals surface area contributed by atoms with E-state index in [2.05, 4.69) is 5.32 Å². The number of aromatic nitrogens is 2. The van der Waals surface area contributed by atoms with E-state index in [-0.39, 0.29) is 5.75 Å². The lowest BCUT2D eigenvalue weighted by Crippen LogP contribution is -2.03. The Hall–Kier alpha value is -3.18. The van der Waals surface area contributed by atoms with Gasteiger partial charge in [0.2, 0.25) is 0 Å². The second-order valence-electron chi connectivity index (χ2n) is 6.13. The lowest BCUT2D eigenvalue weighted by atomic mass is 10.1. The van der Waals surface area contributed by atoms with Gasteiger partial charge in [-0.05, 0) is 54.1 Å². The maximum atomic E-state index is 9.57. The average molecular weight is 380 g/mol. The van der Waals surface area contributed by atoms with Crippen LogP contribution in [0.1, 0.15) is 5.56 Å². The van der Waals surface area contributed by atoms with Gasteiger partial charge in [0, 0.05) is 18.3 Å². The van der Waals surface area contributed by atoms with Crippen LogP contribution in [-0.4, -0.2) is 21.6 Å². The number of nitrogens with zero attached hydrogens (tertiary/aromatic N) is 2. The highest BCUT2D eigenvalue weighted by Gasteiger charge is 2.14. The van der Waals surface area contributed by atoms with Gasteiger partial charge in [0.25, 0.3) is 0 Å². The minimum atomic E-state index is 0.221. The van der Waals surface area contributed by atoms with Crippen LogP contribution < -0.4 is 10.1 Å². The van der Waals surface area contributed by atoms with E-state index >= 15 is 0 Å². The molecule has 0 radical (unpaired) electrons. The van der Waals surface area contributed by atoms with E-state index in [1.54, 1.807) is 19.2 Å². The van der Waals surface area contributed by atoms with E-state index in [1.165, 1.54) is 0 Å². The number of imidazole rings is 1. The summed E-state index contributed by atoms with van der Waals surface area (Å²) in [5.74, 6) is 1.89. The Morgan fingerprint density at radius 2 is 1.78 bits per heavy atom. The van der Waals surface area contributed by atoms with Crippen LogP contribution in [0.25, 0.3) is 16.9 Å². The molecule has 0 amide bonds. The first-order valence-electron chi connectivity index (χ1n) is 8.48. The number of methoxy groups -OCH3 is 1. The number of rotatable bonds is 5. The van der Waals surface area contributed by atoms with Crippen molar-refractivity contribution >= 4 is 23.1 Å². The summed E-state index contributed by atoms with van der Waals surface area (Å²) in [6, 6.07) is 18.6. The Kier molecular flexibility index (Phi) is 4.60. The lowest BCUT2D eigenvalue weighted by molar-refractivity contribution is 0.414. The molecular formula is C21H18ClN3O2. The van der Waals surface area contributed by atoms with Crippen molar-refractivity contribution in [1.82, 2.24) is 9.38 Å². The van der Waals surface area contributed by atoms with Crippen LogP contribution in [-0.2, 0) is 6.54 Å². The van der Waals surface area contributed by atoms with Crippen molar-refractivity contribution in [3.63, 3.8) is 0 Å². The van der Waals surface area contributed by atoms with Gasteiger partial charge in [-0.25, -0.2) is 4.98 Å². The van der Waals surface area contributed by atoms with Crippen molar-refractivity contribution in [3.05, 3.63) is 77.4 Å². The number of pyridine rings is 1. The van der Waals surface area contributed by atoms with Crippen LogP contribution in [0.5, 0.6) is 11.5 Å². The number of ether oxygens (including phenoxy) is 1. The predicted molar refractivity (Wildman–Crippen MR) is 108 cm³/mol. The number of phenolic OH excluding ortho intramolecular Hbond substituents is 1. The summed E-state index contributed by atoms with van der Waals surface area (Å²) in [5, 5.41) is 13.7. The summed E-state index contributed by atoms with van der Waals surface area (Å²) in [6.45, 7) is 0.620. The van der Waals surface area contributed by atoms with E-state index in [0.29, 0.717) is 11.6 Å². The molecule has 0 saturated heterocycles. The van der Waals surface area contributed by atoms with Gasteiger partial charge in [-0.2, -0.15) is 0 Å². The molecule has 5 nitrogen and oxygen atoms in total. The first-order valence-corrected chi connectivity index (χ1v) is 8.85. The number of phenols is 1. The van der Waals surface area contributed by atoms with E-state index in [9.17, 15) is 5.11 Å². The van der Waals surface area contributed by atoms with Crippen molar-refractivity contribution in [2.45, 2.75) is 6.54 Å². The molecule has 0 bridgehead atoms. The monoisotopic (exact) mass is 379 g/mol. The first-order chi connectivity index (χ1) is 13.1. The fourth-order valence-electron chi connectivity index (χ4n) is 2.94. The van der Waals surface area contributed by atoms with Gasteiger partial charge in [-0.3, -0.25) is 4.40 Å². The average Bonchev–Trinajstić information content (AvgIpc) is 3.05. The van der Waals surface area contributed by atoms with Crippen LogP contribution in [0.15, 0.2) is 66.9 Å².